The first kappa shape index (κ1) is 22.3. The number of aromatic nitrogens is 2. The van der Waals surface area contributed by atoms with Crippen molar-refractivity contribution in [3.05, 3.63) is 52.3 Å². The maximum atomic E-state index is 14.6. The van der Waals surface area contributed by atoms with Crippen molar-refractivity contribution >= 4 is 11.7 Å². The number of carbonyl (C=O) groups excluding carboxylic acids is 1. The van der Waals surface area contributed by atoms with Gasteiger partial charge in [-0.15, -0.1) is 0 Å². The number of ether oxygens (including phenoxy) is 1. The zero-order valence-electron chi connectivity index (χ0n) is 17.6. The molecule has 3 heterocycles. The molecule has 10 heteroatoms. The Balaban J connectivity index is 1.40. The van der Waals surface area contributed by atoms with Crippen LogP contribution in [0.3, 0.4) is 0 Å². The zero-order valence-corrected chi connectivity index (χ0v) is 17.6. The van der Waals surface area contributed by atoms with E-state index in [9.17, 15) is 22.8 Å². The highest BCUT2D eigenvalue weighted by atomic mass is 19.3. The van der Waals surface area contributed by atoms with Crippen molar-refractivity contribution in [1.82, 2.24) is 14.9 Å². The van der Waals surface area contributed by atoms with Crippen molar-refractivity contribution in [2.24, 2.45) is 5.92 Å². The maximum Gasteiger partial charge on any atom is 0.257 e. The van der Waals surface area contributed by atoms with Crippen LogP contribution in [0.5, 0.6) is 5.75 Å². The first-order valence-electron chi connectivity index (χ1n) is 10.6. The van der Waals surface area contributed by atoms with Crippen LogP contribution >= 0.6 is 0 Å². The number of likely N-dealkylation sites (tertiary alicyclic amines) is 1. The number of rotatable bonds is 7. The highest BCUT2D eigenvalue weighted by molar-refractivity contribution is 5.93. The Morgan fingerprint density at radius 3 is 2.84 bits per heavy atom. The molecule has 0 bridgehead atoms. The lowest BCUT2D eigenvalue weighted by atomic mass is 9.87. The number of piperidine rings is 1. The van der Waals surface area contributed by atoms with Gasteiger partial charge in [0.15, 0.2) is 11.6 Å². The predicted molar refractivity (Wildman–Crippen MR) is 111 cm³/mol. The number of carbonyl (C=O) groups is 1. The monoisotopic (exact) mass is 450 g/mol. The number of aromatic amines is 1. The fourth-order valence-electron chi connectivity index (χ4n) is 3.75. The maximum absolute atomic E-state index is 14.6. The van der Waals surface area contributed by atoms with E-state index in [1.807, 2.05) is 0 Å². The fraction of sp³-hybridized carbons (Fsp3) is 0.500. The third-order valence-corrected chi connectivity index (χ3v) is 6.04. The van der Waals surface area contributed by atoms with Gasteiger partial charge in [0.1, 0.15) is 5.82 Å². The van der Waals surface area contributed by atoms with Crippen molar-refractivity contribution in [1.29, 1.82) is 0 Å². The molecule has 1 aliphatic heterocycles. The van der Waals surface area contributed by atoms with E-state index in [4.69, 9.17) is 4.74 Å². The molecule has 1 aliphatic carbocycles. The average molecular weight is 450 g/mol. The Bertz CT molecular complexity index is 1020. The number of H-pyrrole nitrogens is 1. The Morgan fingerprint density at radius 1 is 1.41 bits per heavy atom. The minimum atomic E-state index is -2.97. The number of halogens is 3. The first-order chi connectivity index (χ1) is 15.2. The van der Waals surface area contributed by atoms with Crippen molar-refractivity contribution in [3.63, 3.8) is 0 Å². The van der Waals surface area contributed by atoms with Crippen LogP contribution in [0.2, 0.25) is 0 Å². The van der Waals surface area contributed by atoms with E-state index in [2.05, 4.69) is 15.3 Å². The largest absolute Gasteiger partial charge is 0.489 e. The Hall–Kier alpha value is -2.88. The second kappa shape index (κ2) is 8.93. The highest BCUT2D eigenvalue weighted by Crippen LogP contribution is 2.40. The second-order valence-electron chi connectivity index (χ2n) is 8.46. The molecule has 4 rings (SSSR count). The molecule has 1 saturated heterocycles. The molecule has 1 amide bonds. The quantitative estimate of drug-likeness (QED) is 0.677. The van der Waals surface area contributed by atoms with Crippen LogP contribution in [0.1, 0.15) is 37.7 Å². The number of nitrogens with one attached hydrogen (secondary N) is 2. The van der Waals surface area contributed by atoms with Crippen molar-refractivity contribution in [2.75, 3.05) is 25.0 Å². The Kier molecular flexibility index (Phi) is 6.23. The minimum absolute atomic E-state index is 0.0250. The second-order valence-corrected chi connectivity index (χ2v) is 8.46. The summed E-state index contributed by atoms with van der Waals surface area (Å²) in [5, 5.41) is 2.54. The summed E-state index contributed by atoms with van der Waals surface area (Å²) in [5.41, 5.74) is -0.0707. The molecule has 1 saturated carbocycles. The first-order valence-corrected chi connectivity index (χ1v) is 10.6. The summed E-state index contributed by atoms with van der Waals surface area (Å²) in [7, 11) is 0. The number of hydrogen-bond donors (Lipinski definition) is 2. The molecular formula is C22H25F3N4O3. The van der Waals surface area contributed by atoms with Crippen LogP contribution < -0.4 is 15.6 Å². The van der Waals surface area contributed by atoms with Gasteiger partial charge in [0.2, 0.25) is 11.5 Å². The van der Waals surface area contributed by atoms with Crippen LogP contribution in [0, 0.1) is 11.7 Å². The van der Waals surface area contributed by atoms with E-state index in [1.165, 1.54) is 24.5 Å². The Labute approximate surface area is 183 Å². The lowest BCUT2D eigenvalue weighted by molar-refractivity contribution is -0.125. The number of hydrogen-bond acceptors (Lipinski definition) is 5. The van der Waals surface area contributed by atoms with E-state index < -0.39 is 36.0 Å². The van der Waals surface area contributed by atoms with Gasteiger partial charge < -0.3 is 15.0 Å². The van der Waals surface area contributed by atoms with Gasteiger partial charge in [0, 0.05) is 37.8 Å². The highest BCUT2D eigenvalue weighted by Gasteiger charge is 2.46. The number of amides is 1. The summed E-state index contributed by atoms with van der Waals surface area (Å²) in [6.07, 6.45) is 4.24. The zero-order chi connectivity index (χ0) is 22.9. The van der Waals surface area contributed by atoms with Gasteiger partial charge >= 0.3 is 0 Å². The SMILES string of the molecule is C[C@@H](C(=O)Nc1cc(F)c(OCC2CC2)cn1)N1CCC(F)(F)[C@@H](c2ccc(=O)[nH]c2)C1. The number of anilines is 1. The molecular weight excluding hydrogens is 425 g/mol. The molecule has 32 heavy (non-hydrogen) atoms. The molecule has 2 atom stereocenters. The van der Waals surface area contributed by atoms with Gasteiger partial charge in [-0.3, -0.25) is 14.5 Å². The molecule has 172 valence electrons. The molecule has 0 unspecified atom stereocenters. The summed E-state index contributed by atoms with van der Waals surface area (Å²) in [6.45, 7) is 2.00. The lowest BCUT2D eigenvalue weighted by Crippen LogP contribution is -2.52. The van der Waals surface area contributed by atoms with Gasteiger partial charge in [0.25, 0.3) is 5.92 Å². The number of nitrogens with zero attached hydrogens (tertiary/aromatic N) is 2. The normalized spacial score (nSPS) is 21.7. The number of alkyl halides is 2. The molecule has 7 nitrogen and oxygen atoms in total. The summed E-state index contributed by atoms with van der Waals surface area (Å²) in [5.74, 6) is -4.71. The summed E-state index contributed by atoms with van der Waals surface area (Å²) in [4.78, 5) is 32.1. The molecule has 0 spiro atoms. The molecule has 2 aliphatic rings. The van der Waals surface area contributed by atoms with Crippen LogP contribution in [-0.4, -0.2) is 52.4 Å². The fourth-order valence-corrected chi connectivity index (χ4v) is 3.75. The molecule has 0 aromatic carbocycles. The average Bonchev–Trinajstić information content (AvgIpc) is 3.58. The van der Waals surface area contributed by atoms with Crippen molar-refractivity contribution in [2.45, 2.75) is 44.1 Å². The molecule has 0 radical (unpaired) electrons. The van der Waals surface area contributed by atoms with Crippen molar-refractivity contribution < 1.29 is 22.7 Å². The summed E-state index contributed by atoms with van der Waals surface area (Å²) >= 11 is 0. The predicted octanol–water partition coefficient (Wildman–Crippen LogP) is 3.15. The topological polar surface area (TPSA) is 87.3 Å². The van der Waals surface area contributed by atoms with Crippen LogP contribution in [-0.2, 0) is 4.79 Å². The van der Waals surface area contributed by atoms with E-state index in [-0.39, 0.29) is 30.2 Å². The molecule has 2 fully saturated rings. The molecule has 2 N–H and O–H groups in total. The third kappa shape index (κ3) is 5.12. The Morgan fingerprint density at radius 2 is 2.19 bits per heavy atom. The minimum Gasteiger partial charge on any atom is -0.489 e. The molecule has 2 aromatic rings. The van der Waals surface area contributed by atoms with Crippen LogP contribution in [0.4, 0.5) is 19.0 Å². The van der Waals surface area contributed by atoms with Gasteiger partial charge in [-0.25, -0.2) is 18.2 Å². The smallest absolute Gasteiger partial charge is 0.257 e. The van der Waals surface area contributed by atoms with Gasteiger partial charge in [0.05, 0.1) is 24.8 Å². The molecule has 2 aromatic heterocycles. The summed E-state index contributed by atoms with van der Waals surface area (Å²) < 4.78 is 48.7. The van der Waals surface area contributed by atoms with E-state index in [1.54, 1.807) is 11.8 Å². The van der Waals surface area contributed by atoms with E-state index in [0.717, 1.165) is 18.9 Å². The van der Waals surface area contributed by atoms with E-state index >= 15 is 0 Å². The van der Waals surface area contributed by atoms with Gasteiger partial charge in [-0.2, -0.15) is 0 Å². The van der Waals surface area contributed by atoms with Gasteiger partial charge in [-0.1, -0.05) is 6.07 Å². The van der Waals surface area contributed by atoms with E-state index in [0.29, 0.717) is 18.1 Å². The standard InChI is InChI=1S/C22H25F3N4O3/c1-13(21(31)28-19-8-17(23)18(10-26-19)32-12-14-2-3-14)29-7-6-22(24,25)16(11-29)15-4-5-20(30)27-9-15/h4-5,8-10,13-14,16H,2-3,6-7,11-12H2,1H3,(H,27,30)(H,26,28,31)/t13-,16+/m0/s1. The van der Waals surface area contributed by atoms with Gasteiger partial charge in [-0.05, 0) is 31.2 Å². The van der Waals surface area contributed by atoms with Crippen molar-refractivity contribution in [3.8, 4) is 5.75 Å². The third-order valence-electron chi connectivity index (χ3n) is 6.04. The van der Waals surface area contributed by atoms with Crippen LogP contribution in [0.25, 0.3) is 0 Å². The lowest BCUT2D eigenvalue weighted by Gasteiger charge is -2.40. The number of pyridine rings is 2. The summed E-state index contributed by atoms with van der Waals surface area (Å²) in [6, 6.07) is 2.93. The van der Waals surface area contributed by atoms with Crippen LogP contribution in [0.15, 0.2) is 35.4 Å².